The Bertz CT molecular complexity index is 743. The number of esters is 1. The fraction of sp³-hybridized carbons (Fsp3) is 0.591. The van der Waals surface area contributed by atoms with Crippen molar-refractivity contribution in [2.24, 2.45) is 11.8 Å². The number of hydrogen-bond donors (Lipinski definition) is 1. The van der Waals surface area contributed by atoms with Gasteiger partial charge in [0.25, 0.3) is 0 Å². The molecule has 1 aromatic rings. The minimum atomic E-state index is -0.608. The van der Waals surface area contributed by atoms with Crippen LogP contribution >= 0.6 is 0 Å². The number of nitrogens with zero attached hydrogens (tertiary/aromatic N) is 1. The Morgan fingerprint density at radius 3 is 2.59 bits per heavy atom. The first kappa shape index (κ1) is 21.1. The standard InChI is InChI=1S/C22H30N2O5/c1-22(2,3)29-21(27)24-11-7-10-16(13-24)12-17-18(23-19(17)25)20(26)28-14-15-8-5-4-6-9-15/h4-6,8-9,16-18H,7,10-14H2,1-3H3,(H,23,25)/t16-,17-,18?/m1/s1. The molecule has 2 amide bonds. The van der Waals surface area contributed by atoms with Gasteiger partial charge in [-0.3, -0.25) is 4.79 Å². The fourth-order valence-electron chi connectivity index (χ4n) is 3.81. The molecular weight excluding hydrogens is 372 g/mol. The quantitative estimate of drug-likeness (QED) is 0.605. The number of nitrogens with one attached hydrogen (secondary N) is 1. The molecule has 2 heterocycles. The van der Waals surface area contributed by atoms with Crippen LogP contribution in [0, 0.1) is 11.8 Å². The Balaban J connectivity index is 1.51. The van der Waals surface area contributed by atoms with E-state index in [-0.39, 0.29) is 24.5 Å². The maximum absolute atomic E-state index is 12.4. The van der Waals surface area contributed by atoms with Crippen molar-refractivity contribution in [3.8, 4) is 0 Å². The number of benzene rings is 1. The van der Waals surface area contributed by atoms with Crippen molar-refractivity contribution in [2.75, 3.05) is 13.1 Å². The first-order chi connectivity index (χ1) is 13.7. The molecule has 2 saturated heterocycles. The highest BCUT2D eigenvalue weighted by Gasteiger charge is 2.46. The largest absolute Gasteiger partial charge is 0.459 e. The highest BCUT2D eigenvalue weighted by atomic mass is 16.6. The molecule has 0 radical (unpaired) electrons. The topological polar surface area (TPSA) is 84.9 Å². The number of rotatable bonds is 5. The molecule has 0 saturated carbocycles. The van der Waals surface area contributed by atoms with E-state index >= 15 is 0 Å². The van der Waals surface area contributed by atoms with Gasteiger partial charge in [0, 0.05) is 13.1 Å². The summed E-state index contributed by atoms with van der Waals surface area (Å²) in [6, 6.07) is 8.84. The van der Waals surface area contributed by atoms with Crippen LogP contribution in [0.3, 0.4) is 0 Å². The van der Waals surface area contributed by atoms with Crippen LogP contribution in [0.2, 0.25) is 0 Å². The number of amides is 2. The predicted octanol–water partition coefficient (Wildman–Crippen LogP) is 2.88. The van der Waals surface area contributed by atoms with Gasteiger partial charge in [-0.2, -0.15) is 0 Å². The van der Waals surface area contributed by atoms with E-state index < -0.39 is 23.5 Å². The number of hydrogen-bond acceptors (Lipinski definition) is 5. The summed E-state index contributed by atoms with van der Waals surface area (Å²) in [5.41, 5.74) is 0.370. The number of piperidine rings is 1. The third kappa shape index (κ3) is 5.71. The van der Waals surface area contributed by atoms with E-state index in [1.807, 2.05) is 51.1 Å². The Labute approximate surface area is 171 Å². The SMILES string of the molecule is CC(C)(C)OC(=O)N1CCC[C@H](C[C@H]2C(=O)NC2C(=O)OCc2ccccc2)C1. The van der Waals surface area contributed by atoms with E-state index in [4.69, 9.17) is 9.47 Å². The highest BCUT2D eigenvalue weighted by molar-refractivity contribution is 5.97. The van der Waals surface area contributed by atoms with E-state index in [1.54, 1.807) is 4.90 Å². The van der Waals surface area contributed by atoms with Crippen LogP contribution < -0.4 is 5.32 Å². The molecule has 2 aliphatic heterocycles. The van der Waals surface area contributed by atoms with Crippen LogP contribution in [-0.2, 0) is 25.7 Å². The maximum Gasteiger partial charge on any atom is 0.410 e. The van der Waals surface area contributed by atoms with Gasteiger partial charge in [0.1, 0.15) is 18.2 Å². The Morgan fingerprint density at radius 1 is 1.21 bits per heavy atom. The molecule has 3 rings (SSSR count). The second kappa shape index (κ2) is 8.84. The molecule has 0 bridgehead atoms. The minimum absolute atomic E-state index is 0.124. The van der Waals surface area contributed by atoms with Gasteiger partial charge in [-0.05, 0) is 51.5 Å². The second-order valence-electron chi connectivity index (χ2n) is 8.86. The number of ether oxygens (including phenoxy) is 2. The zero-order chi connectivity index (χ0) is 21.0. The van der Waals surface area contributed by atoms with Crippen LogP contribution in [0.5, 0.6) is 0 Å². The van der Waals surface area contributed by atoms with Crippen molar-refractivity contribution in [3.63, 3.8) is 0 Å². The summed E-state index contributed by atoms with van der Waals surface area (Å²) in [7, 11) is 0. The molecular formula is C22H30N2O5. The molecule has 3 atom stereocenters. The lowest BCUT2D eigenvalue weighted by Gasteiger charge is -2.40. The smallest absolute Gasteiger partial charge is 0.410 e. The molecule has 7 heteroatoms. The van der Waals surface area contributed by atoms with Crippen LogP contribution in [0.1, 0.15) is 45.6 Å². The predicted molar refractivity (Wildman–Crippen MR) is 107 cm³/mol. The van der Waals surface area contributed by atoms with Crippen molar-refractivity contribution in [2.45, 2.75) is 58.3 Å². The zero-order valence-corrected chi connectivity index (χ0v) is 17.3. The molecule has 29 heavy (non-hydrogen) atoms. The van der Waals surface area contributed by atoms with Crippen LogP contribution in [-0.4, -0.2) is 47.6 Å². The van der Waals surface area contributed by atoms with E-state index in [9.17, 15) is 14.4 Å². The molecule has 0 aliphatic carbocycles. The molecule has 2 aliphatic rings. The molecule has 2 fully saturated rings. The number of carbonyl (C=O) groups is 3. The van der Waals surface area contributed by atoms with E-state index in [0.717, 1.165) is 18.4 Å². The lowest BCUT2D eigenvalue weighted by Crippen LogP contribution is -2.63. The van der Waals surface area contributed by atoms with Crippen LogP contribution in [0.25, 0.3) is 0 Å². The Hall–Kier alpha value is -2.57. The molecule has 1 aromatic carbocycles. The number of likely N-dealkylation sites (tertiary alicyclic amines) is 1. The van der Waals surface area contributed by atoms with Gasteiger partial charge in [-0.1, -0.05) is 30.3 Å². The Morgan fingerprint density at radius 2 is 1.93 bits per heavy atom. The summed E-state index contributed by atoms with van der Waals surface area (Å²) in [4.78, 5) is 38.5. The summed E-state index contributed by atoms with van der Waals surface area (Å²) < 4.78 is 10.8. The molecule has 1 N–H and O–H groups in total. The molecule has 1 unspecified atom stereocenters. The van der Waals surface area contributed by atoms with Crippen molar-refractivity contribution in [1.82, 2.24) is 10.2 Å². The van der Waals surface area contributed by atoms with E-state index in [1.165, 1.54) is 0 Å². The lowest BCUT2D eigenvalue weighted by atomic mass is 9.80. The molecule has 7 nitrogen and oxygen atoms in total. The third-order valence-electron chi connectivity index (χ3n) is 5.27. The Kier molecular flexibility index (Phi) is 6.45. The van der Waals surface area contributed by atoms with Crippen molar-refractivity contribution >= 4 is 18.0 Å². The van der Waals surface area contributed by atoms with Gasteiger partial charge in [-0.25, -0.2) is 9.59 Å². The van der Waals surface area contributed by atoms with E-state index in [2.05, 4.69) is 5.32 Å². The van der Waals surface area contributed by atoms with Gasteiger partial charge in [0.2, 0.25) is 5.91 Å². The average molecular weight is 402 g/mol. The summed E-state index contributed by atoms with van der Waals surface area (Å²) in [6.45, 7) is 6.92. The minimum Gasteiger partial charge on any atom is -0.459 e. The van der Waals surface area contributed by atoms with Gasteiger partial charge in [0.15, 0.2) is 0 Å². The zero-order valence-electron chi connectivity index (χ0n) is 17.3. The van der Waals surface area contributed by atoms with Gasteiger partial charge >= 0.3 is 12.1 Å². The summed E-state index contributed by atoms with van der Waals surface area (Å²) in [5, 5.41) is 2.66. The van der Waals surface area contributed by atoms with E-state index in [0.29, 0.717) is 19.5 Å². The first-order valence-electron chi connectivity index (χ1n) is 10.2. The summed E-state index contributed by atoms with van der Waals surface area (Å²) in [5.74, 6) is -0.766. The monoisotopic (exact) mass is 402 g/mol. The molecule has 0 aromatic heterocycles. The van der Waals surface area contributed by atoms with Gasteiger partial charge < -0.3 is 19.7 Å². The second-order valence-corrected chi connectivity index (χ2v) is 8.86. The normalized spacial score (nSPS) is 24.3. The fourth-order valence-corrected chi connectivity index (χ4v) is 3.81. The summed E-state index contributed by atoms with van der Waals surface area (Å²) >= 11 is 0. The van der Waals surface area contributed by atoms with Gasteiger partial charge in [-0.15, -0.1) is 0 Å². The number of β-lactam (4-membered cyclic amide) rings is 1. The van der Waals surface area contributed by atoms with Crippen molar-refractivity contribution < 1.29 is 23.9 Å². The molecule has 158 valence electrons. The van der Waals surface area contributed by atoms with Crippen molar-refractivity contribution in [3.05, 3.63) is 35.9 Å². The maximum atomic E-state index is 12.4. The highest BCUT2D eigenvalue weighted by Crippen LogP contribution is 2.30. The van der Waals surface area contributed by atoms with Crippen LogP contribution in [0.4, 0.5) is 4.79 Å². The van der Waals surface area contributed by atoms with Crippen LogP contribution in [0.15, 0.2) is 30.3 Å². The molecule has 0 spiro atoms. The number of carbonyl (C=O) groups excluding carboxylic acids is 3. The average Bonchev–Trinajstić information content (AvgIpc) is 2.68. The third-order valence-corrected chi connectivity index (χ3v) is 5.27. The van der Waals surface area contributed by atoms with Crippen molar-refractivity contribution in [1.29, 1.82) is 0 Å². The summed E-state index contributed by atoms with van der Waals surface area (Å²) in [6.07, 6.45) is 2.03. The lowest BCUT2D eigenvalue weighted by molar-refractivity contribution is -0.159. The van der Waals surface area contributed by atoms with Gasteiger partial charge in [0.05, 0.1) is 5.92 Å². The first-order valence-corrected chi connectivity index (χ1v) is 10.2.